The number of nitrogens with zero attached hydrogens (tertiary/aromatic N) is 1. The van der Waals surface area contributed by atoms with Crippen LogP contribution >= 0.6 is 11.8 Å². The Hall–Kier alpha value is -0.510. The van der Waals surface area contributed by atoms with E-state index in [9.17, 15) is 0 Å². The largest absolute Gasteiger partial charge is 0.313 e. The minimum Gasteiger partial charge on any atom is -0.313 e. The number of aryl methyl sites for hydroxylation is 1. The van der Waals surface area contributed by atoms with Gasteiger partial charge in [0.2, 0.25) is 0 Å². The van der Waals surface area contributed by atoms with Crippen molar-refractivity contribution in [3.8, 4) is 0 Å². The molecular formula is C18H30N2S. The topological polar surface area (TPSA) is 15.3 Å². The first-order chi connectivity index (χ1) is 10.3. The van der Waals surface area contributed by atoms with Gasteiger partial charge in [-0.2, -0.15) is 0 Å². The van der Waals surface area contributed by atoms with Gasteiger partial charge < -0.3 is 10.2 Å². The van der Waals surface area contributed by atoms with Crippen LogP contribution in [0.5, 0.6) is 0 Å². The minimum absolute atomic E-state index is 0.728. The lowest BCUT2D eigenvalue weighted by molar-refractivity contribution is 0.259. The number of rotatable bonds is 9. The van der Waals surface area contributed by atoms with E-state index in [0.29, 0.717) is 0 Å². The molecule has 1 N–H and O–H groups in total. The molecule has 0 radical (unpaired) electrons. The molecule has 1 aliphatic rings. The molecule has 21 heavy (non-hydrogen) atoms. The summed E-state index contributed by atoms with van der Waals surface area (Å²) in [5.74, 6) is 1.19. The summed E-state index contributed by atoms with van der Waals surface area (Å²) in [6.07, 6.45) is 5.32. The molecule has 1 saturated heterocycles. The van der Waals surface area contributed by atoms with E-state index in [-0.39, 0.29) is 0 Å². The predicted octanol–water partition coefficient (Wildman–Crippen LogP) is 3.94. The van der Waals surface area contributed by atoms with Crippen molar-refractivity contribution in [2.75, 3.05) is 31.9 Å². The number of nitrogens with one attached hydrogen (secondary N) is 1. The van der Waals surface area contributed by atoms with Gasteiger partial charge in [0.15, 0.2) is 0 Å². The average molecular weight is 307 g/mol. The molecule has 2 nitrogen and oxygen atoms in total. The Morgan fingerprint density at radius 2 is 2.05 bits per heavy atom. The molecule has 0 spiro atoms. The molecule has 1 aromatic rings. The van der Waals surface area contributed by atoms with Gasteiger partial charge in [-0.25, -0.2) is 0 Å². The van der Waals surface area contributed by atoms with Gasteiger partial charge >= 0.3 is 0 Å². The molecule has 3 heteroatoms. The minimum atomic E-state index is 0.728. The van der Waals surface area contributed by atoms with Crippen molar-refractivity contribution in [3.63, 3.8) is 0 Å². The average Bonchev–Trinajstić information content (AvgIpc) is 2.99. The zero-order chi connectivity index (χ0) is 14.9. The molecule has 2 rings (SSSR count). The monoisotopic (exact) mass is 306 g/mol. The molecule has 1 aromatic carbocycles. The van der Waals surface area contributed by atoms with E-state index < -0.39 is 0 Å². The quantitative estimate of drug-likeness (QED) is 0.696. The zero-order valence-corrected chi connectivity index (χ0v) is 14.4. The second kappa shape index (κ2) is 9.50. The summed E-state index contributed by atoms with van der Waals surface area (Å²) >= 11 is 1.99. The molecule has 0 aliphatic carbocycles. The van der Waals surface area contributed by atoms with E-state index in [0.717, 1.165) is 6.04 Å². The lowest BCUT2D eigenvalue weighted by atomic mass is 10.2. The van der Waals surface area contributed by atoms with Gasteiger partial charge in [-0.05, 0) is 51.4 Å². The Morgan fingerprint density at radius 1 is 1.24 bits per heavy atom. The fourth-order valence-corrected chi connectivity index (χ4v) is 3.74. The van der Waals surface area contributed by atoms with Crippen molar-refractivity contribution in [2.24, 2.45) is 0 Å². The highest BCUT2D eigenvalue weighted by atomic mass is 32.2. The number of unbranched alkanes of at least 4 members (excludes halogenated alkanes) is 1. The molecule has 0 bridgehead atoms. The maximum absolute atomic E-state index is 3.63. The van der Waals surface area contributed by atoms with Gasteiger partial charge in [-0.1, -0.05) is 31.0 Å². The van der Waals surface area contributed by atoms with Gasteiger partial charge in [-0.3, -0.25) is 0 Å². The van der Waals surface area contributed by atoms with E-state index in [2.05, 4.69) is 48.3 Å². The van der Waals surface area contributed by atoms with E-state index in [1.807, 2.05) is 11.8 Å². The van der Waals surface area contributed by atoms with Crippen molar-refractivity contribution in [3.05, 3.63) is 29.8 Å². The number of benzene rings is 1. The Balaban J connectivity index is 1.73. The molecule has 1 aliphatic heterocycles. The van der Waals surface area contributed by atoms with Gasteiger partial charge in [0, 0.05) is 29.8 Å². The summed E-state index contributed by atoms with van der Waals surface area (Å²) in [6, 6.07) is 9.63. The predicted molar refractivity (Wildman–Crippen MR) is 94.3 cm³/mol. The van der Waals surface area contributed by atoms with Crippen LogP contribution in [0.1, 0.15) is 38.2 Å². The SMILES string of the molecule is CCCCN(CCSc1ccc(C)cc1)CC1CCCN1. The van der Waals surface area contributed by atoms with Crippen LogP contribution in [0.25, 0.3) is 0 Å². The summed E-state index contributed by atoms with van der Waals surface area (Å²) in [4.78, 5) is 4.06. The summed E-state index contributed by atoms with van der Waals surface area (Å²) in [6.45, 7) is 9.33. The van der Waals surface area contributed by atoms with Crippen LogP contribution in [0.3, 0.4) is 0 Å². The maximum atomic E-state index is 3.63. The number of hydrogen-bond donors (Lipinski definition) is 1. The molecule has 118 valence electrons. The van der Waals surface area contributed by atoms with Gasteiger partial charge in [-0.15, -0.1) is 11.8 Å². The summed E-state index contributed by atoms with van der Waals surface area (Å²) < 4.78 is 0. The highest BCUT2D eigenvalue weighted by Crippen LogP contribution is 2.18. The Morgan fingerprint density at radius 3 is 2.71 bits per heavy atom. The first-order valence-corrected chi connectivity index (χ1v) is 9.41. The normalized spacial score (nSPS) is 18.5. The first-order valence-electron chi connectivity index (χ1n) is 8.43. The van der Waals surface area contributed by atoms with E-state index >= 15 is 0 Å². The molecular weight excluding hydrogens is 276 g/mol. The molecule has 0 saturated carbocycles. The summed E-state index contributed by atoms with van der Waals surface area (Å²) in [7, 11) is 0. The van der Waals surface area contributed by atoms with Crippen LogP contribution in [0.2, 0.25) is 0 Å². The molecule has 0 amide bonds. The summed E-state index contributed by atoms with van der Waals surface area (Å²) in [5.41, 5.74) is 1.34. The standard InChI is InChI=1S/C18H30N2S/c1-3-4-12-20(15-17-6-5-11-19-17)13-14-21-18-9-7-16(2)8-10-18/h7-10,17,19H,3-6,11-15H2,1-2H3. The maximum Gasteiger partial charge on any atom is 0.0195 e. The highest BCUT2D eigenvalue weighted by Gasteiger charge is 2.17. The molecule has 1 fully saturated rings. The smallest absolute Gasteiger partial charge is 0.0195 e. The van der Waals surface area contributed by atoms with Crippen molar-refractivity contribution in [1.29, 1.82) is 0 Å². The van der Waals surface area contributed by atoms with Crippen molar-refractivity contribution < 1.29 is 0 Å². The Labute approximate surface area is 134 Å². The number of thioether (sulfide) groups is 1. The zero-order valence-electron chi connectivity index (χ0n) is 13.6. The van der Waals surface area contributed by atoms with Gasteiger partial charge in [0.1, 0.15) is 0 Å². The van der Waals surface area contributed by atoms with E-state index in [1.165, 1.54) is 68.1 Å². The van der Waals surface area contributed by atoms with Crippen LogP contribution in [0.15, 0.2) is 29.2 Å². The first kappa shape index (κ1) is 16.9. The molecule has 1 unspecified atom stereocenters. The van der Waals surface area contributed by atoms with E-state index in [4.69, 9.17) is 0 Å². The van der Waals surface area contributed by atoms with Crippen LogP contribution in [0, 0.1) is 6.92 Å². The fraction of sp³-hybridized carbons (Fsp3) is 0.667. The molecule has 0 aromatic heterocycles. The van der Waals surface area contributed by atoms with Gasteiger partial charge in [0.25, 0.3) is 0 Å². The van der Waals surface area contributed by atoms with Crippen molar-refractivity contribution in [2.45, 2.75) is 50.5 Å². The van der Waals surface area contributed by atoms with Crippen LogP contribution < -0.4 is 5.32 Å². The number of hydrogen-bond acceptors (Lipinski definition) is 3. The molecule has 1 atom stereocenters. The second-order valence-corrected chi connectivity index (χ2v) is 7.28. The molecule has 1 heterocycles. The lowest BCUT2D eigenvalue weighted by Gasteiger charge is -2.25. The van der Waals surface area contributed by atoms with Gasteiger partial charge in [0.05, 0.1) is 0 Å². The summed E-state index contributed by atoms with van der Waals surface area (Å²) in [5, 5.41) is 3.63. The van der Waals surface area contributed by atoms with Crippen LogP contribution in [-0.2, 0) is 0 Å². The third-order valence-electron chi connectivity index (χ3n) is 4.17. The fourth-order valence-electron chi connectivity index (χ4n) is 2.83. The van der Waals surface area contributed by atoms with E-state index in [1.54, 1.807) is 0 Å². The second-order valence-electron chi connectivity index (χ2n) is 6.11. The Kier molecular flexibility index (Phi) is 7.62. The van der Waals surface area contributed by atoms with Crippen molar-refractivity contribution in [1.82, 2.24) is 10.2 Å². The highest BCUT2D eigenvalue weighted by molar-refractivity contribution is 7.99. The third kappa shape index (κ3) is 6.41. The Bertz CT molecular complexity index is 385. The van der Waals surface area contributed by atoms with Crippen molar-refractivity contribution >= 4 is 11.8 Å². The van der Waals surface area contributed by atoms with Crippen LogP contribution in [0.4, 0.5) is 0 Å². The van der Waals surface area contributed by atoms with Crippen LogP contribution in [-0.4, -0.2) is 42.9 Å². The lowest BCUT2D eigenvalue weighted by Crippen LogP contribution is -2.39. The third-order valence-corrected chi connectivity index (χ3v) is 5.16.